The number of carboxylic acid groups (broad SMARTS) is 1. The molecule has 3 aromatic rings. The van der Waals surface area contributed by atoms with Gasteiger partial charge in [-0.2, -0.15) is 5.26 Å². The van der Waals surface area contributed by atoms with E-state index in [2.05, 4.69) is 5.32 Å². The Bertz CT molecular complexity index is 1270. The molecule has 0 aliphatic heterocycles. The number of anilines is 1. The second-order valence-electron chi connectivity index (χ2n) is 6.71. The molecule has 0 saturated carbocycles. The molecule has 2 aromatic carbocycles. The molecule has 0 unspecified atom stereocenters. The Hall–Kier alpha value is -3.53. The molecular weight excluding hydrogens is 437 g/mol. The van der Waals surface area contributed by atoms with Gasteiger partial charge in [-0.3, -0.25) is 4.79 Å². The molecular formula is C23H17Cl2N3O3. The molecule has 0 fully saturated rings. The average Bonchev–Trinajstić information content (AvgIpc) is 3.02. The van der Waals surface area contributed by atoms with Crippen LogP contribution in [-0.2, 0) is 4.79 Å². The number of amides is 1. The molecule has 6 nitrogen and oxygen atoms in total. The molecule has 0 aliphatic rings. The van der Waals surface area contributed by atoms with Crippen LogP contribution in [0.2, 0.25) is 10.0 Å². The summed E-state index contributed by atoms with van der Waals surface area (Å²) in [6, 6.07) is 15.1. The molecule has 2 N–H and O–H groups in total. The maximum atomic E-state index is 12.6. The van der Waals surface area contributed by atoms with Crippen molar-refractivity contribution < 1.29 is 14.7 Å². The molecule has 0 atom stereocenters. The number of hydrogen-bond acceptors (Lipinski definition) is 3. The van der Waals surface area contributed by atoms with Crippen molar-refractivity contribution in [3.63, 3.8) is 0 Å². The minimum absolute atomic E-state index is 0.136. The number of nitrogens with one attached hydrogen (secondary N) is 1. The molecule has 1 aromatic heterocycles. The number of rotatable bonds is 5. The summed E-state index contributed by atoms with van der Waals surface area (Å²) in [4.78, 5) is 24.3. The third kappa shape index (κ3) is 4.48. The highest BCUT2D eigenvalue weighted by molar-refractivity contribution is 6.44. The summed E-state index contributed by atoms with van der Waals surface area (Å²) >= 11 is 12.1. The summed E-state index contributed by atoms with van der Waals surface area (Å²) in [5, 5.41) is 22.1. The number of aryl methyl sites for hydroxylation is 1. The number of hydrogen-bond donors (Lipinski definition) is 2. The Labute approximate surface area is 188 Å². The van der Waals surface area contributed by atoms with Crippen LogP contribution in [0.3, 0.4) is 0 Å². The number of para-hydroxylation sites is 1. The van der Waals surface area contributed by atoms with E-state index in [1.54, 1.807) is 54.0 Å². The van der Waals surface area contributed by atoms with Crippen LogP contribution in [0.5, 0.6) is 0 Å². The second-order valence-corrected chi connectivity index (χ2v) is 7.49. The first-order valence-electron chi connectivity index (χ1n) is 9.13. The molecule has 0 radical (unpaired) electrons. The third-order valence-corrected chi connectivity index (χ3v) is 5.53. The number of carbonyl (C=O) groups excluding carboxylic acids is 1. The zero-order valence-electron chi connectivity index (χ0n) is 16.6. The lowest BCUT2D eigenvalue weighted by Gasteiger charge is -2.12. The van der Waals surface area contributed by atoms with Crippen LogP contribution in [0.25, 0.3) is 11.8 Å². The summed E-state index contributed by atoms with van der Waals surface area (Å²) in [6.45, 7) is 3.61. The van der Waals surface area contributed by atoms with E-state index >= 15 is 0 Å². The largest absolute Gasteiger partial charge is 0.478 e. The number of benzene rings is 2. The predicted molar refractivity (Wildman–Crippen MR) is 121 cm³/mol. The van der Waals surface area contributed by atoms with E-state index in [4.69, 9.17) is 23.2 Å². The van der Waals surface area contributed by atoms with Gasteiger partial charge in [0.25, 0.3) is 5.91 Å². The highest BCUT2D eigenvalue weighted by Crippen LogP contribution is 2.30. The van der Waals surface area contributed by atoms with Crippen molar-refractivity contribution in [2.75, 3.05) is 5.32 Å². The van der Waals surface area contributed by atoms with Gasteiger partial charge in [0.05, 0.1) is 27.0 Å². The van der Waals surface area contributed by atoms with Gasteiger partial charge in [-0.25, -0.2) is 4.79 Å². The molecule has 156 valence electrons. The Balaban J connectivity index is 2.01. The second kappa shape index (κ2) is 9.09. The predicted octanol–water partition coefficient (Wildman–Crippen LogP) is 5.64. The minimum Gasteiger partial charge on any atom is -0.478 e. The topological polar surface area (TPSA) is 95.1 Å². The summed E-state index contributed by atoms with van der Waals surface area (Å²) in [5.41, 5.74) is 2.86. The maximum absolute atomic E-state index is 12.6. The van der Waals surface area contributed by atoms with Crippen LogP contribution in [0.4, 0.5) is 5.69 Å². The number of halogens is 2. The average molecular weight is 454 g/mol. The lowest BCUT2D eigenvalue weighted by molar-refractivity contribution is -0.112. The van der Waals surface area contributed by atoms with Crippen LogP contribution in [0.15, 0.2) is 54.1 Å². The summed E-state index contributed by atoms with van der Waals surface area (Å²) < 4.78 is 1.77. The standard InChI is InChI=1S/C23H17Cl2N3O3/c1-13-10-15(14(2)28(13)20-9-4-3-6-17(20)23(30)31)11-16(12-26)22(29)27-19-8-5-7-18(24)21(19)25/h3-11H,1-2H3,(H,27,29)(H,30,31)/b16-11-. The first-order chi connectivity index (χ1) is 14.7. The number of aromatic nitrogens is 1. The molecule has 1 heterocycles. The van der Waals surface area contributed by atoms with E-state index < -0.39 is 11.9 Å². The van der Waals surface area contributed by atoms with Crippen LogP contribution in [0.1, 0.15) is 27.3 Å². The lowest BCUT2D eigenvalue weighted by atomic mass is 10.1. The van der Waals surface area contributed by atoms with Gasteiger partial charge in [0, 0.05) is 11.4 Å². The highest BCUT2D eigenvalue weighted by atomic mass is 35.5. The van der Waals surface area contributed by atoms with E-state index in [9.17, 15) is 20.0 Å². The molecule has 1 amide bonds. The summed E-state index contributed by atoms with van der Waals surface area (Å²) in [7, 11) is 0. The first-order valence-corrected chi connectivity index (χ1v) is 9.89. The van der Waals surface area contributed by atoms with Crippen LogP contribution in [0, 0.1) is 25.2 Å². The molecule has 0 saturated heterocycles. The summed E-state index contributed by atoms with van der Waals surface area (Å²) in [5.74, 6) is -1.68. The molecule has 8 heteroatoms. The van der Waals surface area contributed by atoms with E-state index in [1.165, 1.54) is 12.1 Å². The minimum atomic E-state index is -1.05. The fourth-order valence-corrected chi connectivity index (χ4v) is 3.60. The first kappa shape index (κ1) is 22.2. The van der Waals surface area contributed by atoms with Gasteiger partial charge in [-0.05, 0) is 55.8 Å². The number of carbonyl (C=O) groups is 2. The fraction of sp³-hybridized carbons (Fsp3) is 0.0870. The van der Waals surface area contributed by atoms with Crippen molar-refractivity contribution in [2.24, 2.45) is 0 Å². The monoisotopic (exact) mass is 453 g/mol. The van der Waals surface area contributed by atoms with Crippen molar-refractivity contribution in [3.8, 4) is 11.8 Å². The van der Waals surface area contributed by atoms with Crippen LogP contribution < -0.4 is 5.32 Å². The van der Waals surface area contributed by atoms with Gasteiger partial charge >= 0.3 is 5.97 Å². The van der Waals surface area contributed by atoms with Gasteiger partial charge in [0.2, 0.25) is 0 Å². The SMILES string of the molecule is Cc1cc(/C=C(/C#N)C(=O)Nc2cccc(Cl)c2Cl)c(C)n1-c1ccccc1C(=O)O. The molecule has 0 spiro atoms. The number of nitriles is 1. The quantitative estimate of drug-likeness (QED) is 0.385. The smallest absolute Gasteiger partial charge is 0.337 e. The van der Waals surface area contributed by atoms with Crippen molar-refractivity contribution in [2.45, 2.75) is 13.8 Å². The van der Waals surface area contributed by atoms with Gasteiger partial charge < -0.3 is 15.0 Å². The Morgan fingerprint density at radius 1 is 1.13 bits per heavy atom. The van der Waals surface area contributed by atoms with Crippen molar-refractivity contribution in [1.29, 1.82) is 5.26 Å². The van der Waals surface area contributed by atoms with E-state index in [-0.39, 0.29) is 21.2 Å². The van der Waals surface area contributed by atoms with Crippen molar-refractivity contribution >= 4 is 46.8 Å². The van der Waals surface area contributed by atoms with Crippen LogP contribution in [-0.4, -0.2) is 21.6 Å². The highest BCUT2D eigenvalue weighted by Gasteiger charge is 2.18. The number of aromatic carboxylic acids is 1. The molecule has 31 heavy (non-hydrogen) atoms. The van der Waals surface area contributed by atoms with Crippen LogP contribution >= 0.6 is 23.2 Å². The van der Waals surface area contributed by atoms with E-state index in [0.29, 0.717) is 22.6 Å². The van der Waals surface area contributed by atoms with Gasteiger partial charge in [0.1, 0.15) is 11.6 Å². The Morgan fingerprint density at radius 2 is 1.84 bits per heavy atom. The Kier molecular flexibility index (Phi) is 6.50. The van der Waals surface area contributed by atoms with E-state index in [1.807, 2.05) is 13.0 Å². The fourth-order valence-electron chi connectivity index (χ4n) is 3.25. The number of nitrogens with zero attached hydrogens (tertiary/aromatic N) is 2. The lowest BCUT2D eigenvalue weighted by Crippen LogP contribution is -2.14. The maximum Gasteiger partial charge on any atom is 0.337 e. The zero-order chi connectivity index (χ0) is 22.7. The molecule has 0 bridgehead atoms. The molecule has 3 rings (SSSR count). The summed E-state index contributed by atoms with van der Waals surface area (Å²) in [6.07, 6.45) is 1.45. The zero-order valence-corrected chi connectivity index (χ0v) is 18.1. The van der Waals surface area contributed by atoms with Crippen molar-refractivity contribution in [3.05, 3.63) is 86.7 Å². The third-order valence-electron chi connectivity index (χ3n) is 4.71. The van der Waals surface area contributed by atoms with Gasteiger partial charge in [-0.1, -0.05) is 41.4 Å². The Morgan fingerprint density at radius 3 is 2.52 bits per heavy atom. The molecule has 0 aliphatic carbocycles. The normalized spacial score (nSPS) is 11.1. The van der Waals surface area contributed by atoms with Crippen molar-refractivity contribution in [1.82, 2.24) is 4.57 Å². The van der Waals surface area contributed by atoms with E-state index in [0.717, 1.165) is 5.69 Å². The van der Waals surface area contributed by atoms with Gasteiger partial charge in [0.15, 0.2) is 0 Å². The van der Waals surface area contributed by atoms with Gasteiger partial charge in [-0.15, -0.1) is 0 Å². The number of carboxylic acids is 1.